The highest BCUT2D eigenvalue weighted by Crippen LogP contribution is 2.26. The number of hydrogen-bond acceptors (Lipinski definition) is 4. The standard InChI is InChI=1S/C10H14BrFN2O3S/c1-10(2,5-15)14-18(16,17)8-4-6(13)3-7(11)9(8)12/h3-4,14-15H,5,13H2,1-2H3. The van der Waals surface area contributed by atoms with Crippen molar-refractivity contribution in [3.05, 3.63) is 22.4 Å². The van der Waals surface area contributed by atoms with Crippen LogP contribution in [0.25, 0.3) is 0 Å². The van der Waals surface area contributed by atoms with E-state index in [1.54, 1.807) is 0 Å². The predicted molar refractivity (Wildman–Crippen MR) is 70.0 cm³/mol. The molecule has 0 bridgehead atoms. The average molecular weight is 341 g/mol. The molecule has 0 atom stereocenters. The molecule has 0 aliphatic heterocycles. The van der Waals surface area contributed by atoms with E-state index < -0.39 is 32.9 Å². The number of halogens is 2. The van der Waals surface area contributed by atoms with Crippen LogP contribution in [0.2, 0.25) is 0 Å². The summed E-state index contributed by atoms with van der Waals surface area (Å²) in [4.78, 5) is -0.559. The fraction of sp³-hybridized carbons (Fsp3) is 0.400. The second-order valence-corrected chi connectivity index (χ2v) is 6.97. The third kappa shape index (κ3) is 3.41. The van der Waals surface area contributed by atoms with Crippen LogP contribution in [-0.4, -0.2) is 25.7 Å². The molecule has 102 valence electrons. The molecule has 0 unspecified atom stereocenters. The molecule has 5 nitrogen and oxygen atoms in total. The molecule has 1 rings (SSSR count). The first-order chi connectivity index (χ1) is 8.09. The Morgan fingerprint density at radius 1 is 1.50 bits per heavy atom. The molecule has 0 spiro atoms. The van der Waals surface area contributed by atoms with E-state index in [4.69, 9.17) is 10.8 Å². The van der Waals surface area contributed by atoms with E-state index in [2.05, 4.69) is 20.7 Å². The molecule has 0 fully saturated rings. The van der Waals surface area contributed by atoms with Crippen LogP contribution in [-0.2, 0) is 10.0 Å². The molecular weight excluding hydrogens is 327 g/mol. The molecule has 1 aromatic carbocycles. The summed E-state index contributed by atoms with van der Waals surface area (Å²) < 4.78 is 39.9. The van der Waals surface area contributed by atoms with Crippen LogP contribution in [0.5, 0.6) is 0 Å². The summed E-state index contributed by atoms with van der Waals surface area (Å²) in [5.74, 6) is -0.926. The second kappa shape index (κ2) is 5.12. The molecule has 0 heterocycles. The van der Waals surface area contributed by atoms with Gasteiger partial charge in [0.05, 0.1) is 16.6 Å². The lowest BCUT2D eigenvalue weighted by Crippen LogP contribution is -2.46. The van der Waals surface area contributed by atoms with Crippen molar-refractivity contribution in [2.45, 2.75) is 24.3 Å². The minimum Gasteiger partial charge on any atom is -0.399 e. The van der Waals surface area contributed by atoms with Crippen molar-refractivity contribution in [2.24, 2.45) is 0 Å². The van der Waals surface area contributed by atoms with Crippen LogP contribution in [0, 0.1) is 5.82 Å². The summed E-state index contributed by atoms with van der Waals surface area (Å²) in [6, 6.07) is 2.29. The third-order valence-corrected chi connectivity index (χ3v) is 4.39. The quantitative estimate of drug-likeness (QED) is 0.718. The Kier molecular flexibility index (Phi) is 4.37. The van der Waals surface area contributed by atoms with Gasteiger partial charge in [-0.2, -0.15) is 0 Å². The number of aliphatic hydroxyl groups is 1. The van der Waals surface area contributed by atoms with Crippen molar-refractivity contribution in [1.29, 1.82) is 0 Å². The predicted octanol–water partition coefficient (Wildman–Crippen LogP) is 1.22. The molecule has 0 saturated heterocycles. The van der Waals surface area contributed by atoms with E-state index in [0.717, 1.165) is 6.07 Å². The lowest BCUT2D eigenvalue weighted by atomic mass is 10.1. The highest BCUT2D eigenvalue weighted by molar-refractivity contribution is 9.10. The van der Waals surface area contributed by atoms with Gasteiger partial charge in [-0.3, -0.25) is 0 Å². The maximum Gasteiger partial charge on any atom is 0.244 e. The second-order valence-electron chi connectivity index (χ2n) is 4.46. The number of rotatable bonds is 4. The smallest absolute Gasteiger partial charge is 0.244 e. The first kappa shape index (κ1) is 15.4. The van der Waals surface area contributed by atoms with Crippen molar-refractivity contribution in [3.8, 4) is 0 Å². The van der Waals surface area contributed by atoms with E-state index in [-0.39, 0.29) is 10.2 Å². The first-order valence-corrected chi connectivity index (χ1v) is 7.26. The van der Waals surface area contributed by atoms with E-state index in [1.165, 1.54) is 19.9 Å². The zero-order valence-corrected chi connectivity index (χ0v) is 12.3. The lowest BCUT2D eigenvalue weighted by molar-refractivity contribution is 0.208. The monoisotopic (exact) mass is 340 g/mol. The average Bonchev–Trinajstić information content (AvgIpc) is 2.21. The summed E-state index contributed by atoms with van der Waals surface area (Å²) in [7, 11) is -4.10. The Labute approximate surface area is 113 Å². The highest BCUT2D eigenvalue weighted by atomic mass is 79.9. The lowest BCUT2D eigenvalue weighted by Gasteiger charge is -2.23. The number of benzene rings is 1. The molecular formula is C10H14BrFN2O3S. The molecule has 0 aliphatic carbocycles. The maximum atomic E-state index is 13.8. The van der Waals surface area contributed by atoms with E-state index in [9.17, 15) is 12.8 Å². The molecule has 1 aromatic rings. The number of hydrogen-bond donors (Lipinski definition) is 3. The van der Waals surface area contributed by atoms with Crippen LogP contribution in [0.3, 0.4) is 0 Å². The molecule has 4 N–H and O–H groups in total. The van der Waals surface area contributed by atoms with Gasteiger partial charge in [-0.05, 0) is 41.9 Å². The van der Waals surface area contributed by atoms with Crippen molar-refractivity contribution in [1.82, 2.24) is 4.72 Å². The molecule has 0 saturated carbocycles. The Hall–Kier alpha value is -0.700. The maximum absolute atomic E-state index is 13.8. The van der Waals surface area contributed by atoms with Crippen LogP contribution in [0.1, 0.15) is 13.8 Å². The Balaban J connectivity index is 3.30. The third-order valence-electron chi connectivity index (χ3n) is 2.11. The van der Waals surface area contributed by atoms with Gasteiger partial charge < -0.3 is 10.8 Å². The molecule has 0 aromatic heterocycles. The van der Waals surface area contributed by atoms with Crippen molar-refractivity contribution >= 4 is 31.6 Å². The molecule has 0 radical (unpaired) electrons. The fourth-order valence-electron chi connectivity index (χ4n) is 1.23. The molecule has 8 heteroatoms. The van der Waals surface area contributed by atoms with Gasteiger partial charge in [-0.15, -0.1) is 0 Å². The number of aliphatic hydroxyl groups excluding tert-OH is 1. The summed E-state index contributed by atoms with van der Waals surface area (Å²) >= 11 is 2.89. The van der Waals surface area contributed by atoms with Gasteiger partial charge in [0.25, 0.3) is 0 Å². The van der Waals surface area contributed by atoms with Gasteiger partial charge in [0, 0.05) is 5.69 Å². The van der Waals surface area contributed by atoms with E-state index in [0.29, 0.717) is 0 Å². The minimum absolute atomic E-state index is 0.0373. The molecule has 18 heavy (non-hydrogen) atoms. The molecule has 0 aliphatic rings. The minimum atomic E-state index is -4.10. The molecule has 0 amide bonds. The van der Waals surface area contributed by atoms with E-state index in [1.807, 2.05) is 0 Å². The van der Waals surface area contributed by atoms with Crippen LogP contribution < -0.4 is 10.5 Å². The zero-order valence-electron chi connectivity index (χ0n) is 9.87. The van der Waals surface area contributed by atoms with Crippen molar-refractivity contribution in [2.75, 3.05) is 12.3 Å². The Bertz CT molecular complexity index is 560. The number of anilines is 1. The number of nitrogens with one attached hydrogen (secondary N) is 1. The van der Waals surface area contributed by atoms with Gasteiger partial charge in [0.2, 0.25) is 10.0 Å². The van der Waals surface area contributed by atoms with Gasteiger partial charge in [-0.25, -0.2) is 17.5 Å². The summed E-state index contributed by atoms with van der Waals surface area (Å²) in [5, 5.41) is 9.03. The first-order valence-electron chi connectivity index (χ1n) is 4.98. The highest BCUT2D eigenvalue weighted by Gasteiger charge is 2.28. The Morgan fingerprint density at radius 3 is 2.56 bits per heavy atom. The summed E-state index contributed by atoms with van der Waals surface area (Å²) in [6.07, 6.45) is 0. The topological polar surface area (TPSA) is 92.4 Å². The normalized spacial score (nSPS) is 12.7. The number of nitrogen functional groups attached to an aromatic ring is 1. The zero-order chi connectivity index (χ0) is 14.1. The summed E-state index contributed by atoms with van der Waals surface area (Å²) in [5.41, 5.74) is 4.50. The van der Waals surface area contributed by atoms with Crippen LogP contribution in [0.15, 0.2) is 21.5 Å². The van der Waals surface area contributed by atoms with Gasteiger partial charge in [0.1, 0.15) is 4.90 Å². The van der Waals surface area contributed by atoms with Gasteiger partial charge in [0.15, 0.2) is 5.82 Å². The van der Waals surface area contributed by atoms with Crippen LogP contribution in [0.4, 0.5) is 10.1 Å². The SMILES string of the molecule is CC(C)(CO)NS(=O)(=O)c1cc(N)cc(Br)c1F. The van der Waals surface area contributed by atoms with Gasteiger partial charge in [-0.1, -0.05) is 0 Å². The van der Waals surface area contributed by atoms with Crippen LogP contribution >= 0.6 is 15.9 Å². The van der Waals surface area contributed by atoms with Crippen molar-refractivity contribution in [3.63, 3.8) is 0 Å². The fourth-order valence-corrected chi connectivity index (χ4v) is 3.38. The van der Waals surface area contributed by atoms with E-state index >= 15 is 0 Å². The Morgan fingerprint density at radius 2 is 2.06 bits per heavy atom. The number of nitrogens with two attached hydrogens (primary N) is 1. The largest absolute Gasteiger partial charge is 0.399 e. The summed E-state index contributed by atoms with van der Waals surface area (Å²) in [6.45, 7) is 2.53. The van der Waals surface area contributed by atoms with Gasteiger partial charge >= 0.3 is 0 Å². The number of sulfonamides is 1. The van der Waals surface area contributed by atoms with Crippen molar-refractivity contribution < 1.29 is 17.9 Å².